The zero-order valence-electron chi connectivity index (χ0n) is 9.70. The first-order valence-corrected chi connectivity index (χ1v) is 5.66. The molecule has 0 aromatic rings. The summed E-state index contributed by atoms with van der Waals surface area (Å²) in [7, 11) is 0. The number of hydrogen-bond donors (Lipinski definition) is 2. The SMILES string of the molecule is CC(=O)N1CCC(C#N)(NCCCO)CC1. The number of likely N-dealkylation sites (tertiary alicyclic amines) is 1. The Labute approximate surface area is 96.0 Å². The van der Waals surface area contributed by atoms with Gasteiger partial charge < -0.3 is 10.0 Å². The predicted octanol–water partition coefficient (Wildman–Crippen LogP) is -0.137. The van der Waals surface area contributed by atoms with Crippen LogP contribution in [-0.2, 0) is 4.79 Å². The highest BCUT2D eigenvalue weighted by molar-refractivity contribution is 5.73. The first kappa shape index (κ1) is 12.9. The van der Waals surface area contributed by atoms with E-state index >= 15 is 0 Å². The van der Waals surface area contributed by atoms with E-state index in [1.165, 1.54) is 0 Å². The van der Waals surface area contributed by atoms with Crippen LogP contribution in [0.3, 0.4) is 0 Å². The van der Waals surface area contributed by atoms with Gasteiger partial charge in [-0.1, -0.05) is 0 Å². The predicted molar refractivity (Wildman–Crippen MR) is 59.5 cm³/mol. The normalized spacial score (nSPS) is 19.2. The van der Waals surface area contributed by atoms with Gasteiger partial charge in [-0.25, -0.2) is 0 Å². The van der Waals surface area contributed by atoms with Crippen LogP contribution in [-0.4, -0.2) is 47.7 Å². The van der Waals surface area contributed by atoms with Crippen molar-refractivity contribution in [3.8, 4) is 6.07 Å². The number of hydrogen-bond acceptors (Lipinski definition) is 4. The van der Waals surface area contributed by atoms with Gasteiger partial charge in [0.2, 0.25) is 5.91 Å². The van der Waals surface area contributed by atoms with Crippen LogP contribution in [0, 0.1) is 11.3 Å². The molecule has 1 saturated heterocycles. The molecule has 0 atom stereocenters. The number of carbonyl (C=O) groups is 1. The molecule has 16 heavy (non-hydrogen) atoms. The number of nitrogens with one attached hydrogen (secondary N) is 1. The van der Waals surface area contributed by atoms with Gasteiger partial charge in [0, 0.05) is 26.6 Å². The number of nitrogens with zero attached hydrogens (tertiary/aromatic N) is 2. The monoisotopic (exact) mass is 225 g/mol. The highest BCUT2D eigenvalue weighted by atomic mass is 16.3. The molecule has 1 aliphatic rings. The molecule has 1 amide bonds. The molecule has 90 valence electrons. The van der Waals surface area contributed by atoms with Gasteiger partial charge in [-0.3, -0.25) is 10.1 Å². The van der Waals surface area contributed by atoms with Gasteiger partial charge in [-0.2, -0.15) is 5.26 Å². The Morgan fingerprint density at radius 2 is 2.19 bits per heavy atom. The van der Waals surface area contributed by atoms with Crippen LogP contribution in [0.25, 0.3) is 0 Å². The molecule has 0 spiro atoms. The standard InChI is InChI=1S/C11H19N3O2/c1-10(16)14-6-3-11(9-12,4-7-14)13-5-2-8-15/h13,15H,2-8H2,1H3. The third-order valence-corrected chi connectivity index (χ3v) is 3.07. The van der Waals surface area contributed by atoms with Crippen molar-refractivity contribution in [2.24, 2.45) is 0 Å². The van der Waals surface area contributed by atoms with Crippen molar-refractivity contribution < 1.29 is 9.90 Å². The molecule has 0 unspecified atom stereocenters. The number of carbonyl (C=O) groups excluding carboxylic acids is 1. The molecule has 0 radical (unpaired) electrons. The lowest BCUT2D eigenvalue weighted by Crippen LogP contribution is -2.53. The molecule has 1 heterocycles. The third kappa shape index (κ3) is 3.19. The molecular formula is C11H19N3O2. The lowest BCUT2D eigenvalue weighted by Gasteiger charge is -2.37. The molecule has 1 rings (SSSR count). The molecule has 1 fully saturated rings. The van der Waals surface area contributed by atoms with E-state index in [0.717, 1.165) is 0 Å². The smallest absolute Gasteiger partial charge is 0.219 e. The molecule has 5 nitrogen and oxygen atoms in total. The van der Waals surface area contributed by atoms with Crippen molar-refractivity contribution in [3.05, 3.63) is 0 Å². The van der Waals surface area contributed by atoms with E-state index in [1.807, 2.05) is 0 Å². The molecule has 0 aromatic heterocycles. The number of aliphatic hydroxyl groups excluding tert-OH is 1. The molecule has 1 aliphatic heterocycles. The zero-order valence-corrected chi connectivity index (χ0v) is 9.70. The first-order valence-electron chi connectivity index (χ1n) is 5.66. The first-order chi connectivity index (χ1) is 7.63. The number of aliphatic hydroxyl groups is 1. The summed E-state index contributed by atoms with van der Waals surface area (Å²) < 4.78 is 0. The summed E-state index contributed by atoms with van der Waals surface area (Å²) in [5.41, 5.74) is -0.513. The van der Waals surface area contributed by atoms with Crippen LogP contribution in [0.1, 0.15) is 26.2 Å². The summed E-state index contributed by atoms with van der Waals surface area (Å²) in [6.07, 6.45) is 1.98. The topological polar surface area (TPSA) is 76.4 Å². The van der Waals surface area contributed by atoms with Crippen LogP contribution in [0.4, 0.5) is 0 Å². The van der Waals surface area contributed by atoms with Crippen molar-refractivity contribution in [2.45, 2.75) is 31.7 Å². The Bertz CT molecular complexity index is 277. The summed E-state index contributed by atoms with van der Waals surface area (Å²) in [6, 6.07) is 2.31. The quantitative estimate of drug-likeness (QED) is 0.653. The second kappa shape index (κ2) is 5.83. The molecule has 0 saturated carbocycles. The highest BCUT2D eigenvalue weighted by Gasteiger charge is 2.34. The van der Waals surface area contributed by atoms with Crippen molar-refractivity contribution in [1.29, 1.82) is 5.26 Å². The van der Waals surface area contributed by atoms with E-state index in [-0.39, 0.29) is 12.5 Å². The van der Waals surface area contributed by atoms with Crippen LogP contribution in [0.2, 0.25) is 0 Å². The van der Waals surface area contributed by atoms with E-state index in [4.69, 9.17) is 5.11 Å². The van der Waals surface area contributed by atoms with Crippen molar-refractivity contribution >= 4 is 5.91 Å². The second-order valence-electron chi connectivity index (χ2n) is 4.20. The average molecular weight is 225 g/mol. The summed E-state index contributed by atoms with van der Waals surface area (Å²) in [5.74, 6) is 0.0712. The van der Waals surface area contributed by atoms with Crippen LogP contribution >= 0.6 is 0 Å². The molecule has 0 aliphatic carbocycles. The fraction of sp³-hybridized carbons (Fsp3) is 0.818. The zero-order chi connectivity index (χ0) is 12.0. The van der Waals surface area contributed by atoms with Crippen LogP contribution in [0.5, 0.6) is 0 Å². The van der Waals surface area contributed by atoms with E-state index in [1.54, 1.807) is 11.8 Å². The van der Waals surface area contributed by atoms with E-state index in [9.17, 15) is 10.1 Å². The molecule has 5 heteroatoms. The summed E-state index contributed by atoms with van der Waals surface area (Å²) >= 11 is 0. The molecule has 0 bridgehead atoms. The maximum absolute atomic E-state index is 11.1. The van der Waals surface area contributed by atoms with E-state index in [0.29, 0.717) is 38.9 Å². The van der Waals surface area contributed by atoms with Crippen LogP contribution in [0.15, 0.2) is 0 Å². The second-order valence-corrected chi connectivity index (χ2v) is 4.20. The summed E-state index contributed by atoms with van der Waals surface area (Å²) in [5, 5.41) is 21.1. The Balaban J connectivity index is 2.45. The third-order valence-electron chi connectivity index (χ3n) is 3.07. The highest BCUT2D eigenvalue weighted by Crippen LogP contribution is 2.21. The minimum atomic E-state index is -0.513. The minimum Gasteiger partial charge on any atom is -0.396 e. The lowest BCUT2D eigenvalue weighted by atomic mass is 9.89. The van der Waals surface area contributed by atoms with Crippen molar-refractivity contribution in [2.75, 3.05) is 26.2 Å². The van der Waals surface area contributed by atoms with Crippen molar-refractivity contribution in [1.82, 2.24) is 10.2 Å². The Hall–Kier alpha value is -1.12. The number of nitriles is 1. The minimum absolute atomic E-state index is 0.0712. The number of rotatable bonds is 4. The van der Waals surface area contributed by atoms with E-state index in [2.05, 4.69) is 11.4 Å². The van der Waals surface area contributed by atoms with E-state index < -0.39 is 5.54 Å². The van der Waals surface area contributed by atoms with Gasteiger partial charge in [-0.15, -0.1) is 0 Å². The maximum atomic E-state index is 11.1. The van der Waals surface area contributed by atoms with Gasteiger partial charge in [0.1, 0.15) is 5.54 Å². The molecular weight excluding hydrogens is 206 g/mol. The van der Waals surface area contributed by atoms with Gasteiger partial charge in [0.25, 0.3) is 0 Å². The maximum Gasteiger partial charge on any atom is 0.219 e. The average Bonchev–Trinajstić information content (AvgIpc) is 2.30. The van der Waals surface area contributed by atoms with Gasteiger partial charge in [0.15, 0.2) is 0 Å². The fourth-order valence-corrected chi connectivity index (χ4v) is 1.94. The Morgan fingerprint density at radius 3 is 2.62 bits per heavy atom. The number of amides is 1. The fourth-order valence-electron chi connectivity index (χ4n) is 1.94. The summed E-state index contributed by atoms with van der Waals surface area (Å²) in [6.45, 7) is 3.60. The van der Waals surface area contributed by atoms with Crippen LogP contribution < -0.4 is 5.32 Å². The molecule has 0 aromatic carbocycles. The van der Waals surface area contributed by atoms with Gasteiger partial charge in [0.05, 0.1) is 6.07 Å². The van der Waals surface area contributed by atoms with Gasteiger partial charge in [-0.05, 0) is 25.8 Å². The lowest BCUT2D eigenvalue weighted by molar-refractivity contribution is -0.130. The Morgan fingerprint density at radius 1 is 1.56 bits per heavy atom. The van der Waals surface area contributed by atoms with Crippen molar-refractivity contribution in [3.63, 3.8) is 0 Å². The van der Waals surface area contributed by atoms with Gasteiger partial charge >= 0.3 is 0 Å². The Kier molecular flexibility index (Phi) is 4.71. The largest absolute Gasteiger partial charge is 0.396 e. The molecule has 2 N–H and O–H groups in total. The number of piperidine rings is 1. The summed E-state index contributed by atoms with van der Waals surface area (Å²) in [4.78, 5) is 12.9.